The minimum atomic E-state index is -0.704. The number of carbonyl (C=O) groups excluding carboxylic acids is 2. The summed E-state index contributed by atoms with van der Waals surface area (Å²) in [5.41, 5.74) is 1.06. The molecule has 1 aliphatic carbocycles. The fraction of sp³-hybridized carbons (Fsp3) is 0.385. The van der Waals surface area contributed by atoms with Gasteiger partial charge in [0.25, 0.3) is 11.7 Å². The molecule has 1 atom stereocenters. The Hall–Kier alpha value is -2.99. The first-order chi connectivity index (χ1) is 15.8. The number of aliphatic hydroxyl groups is 1. The third-order valence-electron chi connectivity index (χ3n) is 6.18. The summed E-state index contributed by atoms with van der Waals surface area (Å²) in [6.45, 7) is 3.89. The Bertz CT molecular complexity index is 1090. The number of halogens is 1. The van der Waals surface area contributed by atoms with Crippen molar-refractivity contribution in [3.8, 4) is 11.5 Å². The van der Waals surface area contributed by atoms with Crippen molar-refractivity contribution in [3.05, 3.63) is 64.2 Å². The van der Waals surface area contributed by atoms with Crippen LogP contribution in [0.25, 0.3) is 5.76 Å². The molecule has 0 aromatic heterocycles. The lowest BCUT2D eigenvalue weighted by Crippen LogP contribution is -2.37. The minimum Gasteiger partial charge on any atom is -0.507 e. The van der Waals surface area contributed by atoms with E-state index in [4.69, 9.17) is 21.1 Å². The molecule has 2 aromatic carbocycles. The first-order valence-corrected chi connectivity index (χ1v) is 11.6. The van der Waals surface area contributed by atoms with E-state index >= 15 is 0 Å². The minimum absolute atomic E-state index is 0.0234. The number of nitrogens with zero attached hydrogens (tertiary/aromatic N) is 1. The van der Waals surface area contributed by atoms with Crippen LogP contribution in [-0.2, 0) is 9.59 Å². The topological polar surface area (TPSA) is 76.1 Å². The standard InChI is InChI=1S/C26H28ClNO5/c1-15(2)33-19-11-8-16(9-12-19)23-22(24(29)20-14-17(27)10-13-21(20)32-3)25(30)26(31)28(23)18-6-4-5-7-18/h8-15,18,23,29H,4-7H2,1-3H3/b24-22+. The van der Waals surface area contributed by atoms with Crippen molar-refractivity contribution in [1.29, 1.82) is 0 Å². The van der Waals surface area contributed by atoms with E-state index in [0.717, 1.165) is 31.2 Å². The van der Waals surface area contributed by atoms with Gasteiger partial charge in [0.05, 0.1) is 30.4 Å². The highest BCUT2D eigenvalue weighted by Crippen LogP contribution is 2.44. The maximum absolute atomic E-state index is 13.3. The monoisotopic (exact) mass is 469 g/mol. The molecule has 1 saturated carbocycles. The Labute approximate surface area is 198 Å². The third kappa shape index (κ3) is 4.44. The molecule has 0 bridgehead atoms. The van der Waals surface area contributed by atoms with Gasteiger partial charge in [-0.3, -0.25) is 9.59 Å². The molecule has 1 amide bonds. The van der Waals surface area contributed by atoms with Gasteiger partial charge in [0, 0.05) is 11.1 Å². The van der Waals surface area contributed by atoms with Crippen molar-refractivity contribution in [2.75, 3.05) is 7.11 Å². The van der Waals surface area contributed by atoms with Gasteiger partial charge in [-0.15, -0.1) is 0 Å². The van der Waals surface area contributed by atoms with Gasteiger partial charge in [-0.05, 0) is 62.6 Å². The zero-order valence-corrected chi connectivity index (χ0v) is 19.8. The molecular weight excluding hydrogens is 442 g/mol. The normalized spacial score (nSPS) is 20.6. The number of aliphatic hydroxyl groups excluding tert-OH is 1. The second-order valence-electron chi connectivity index (χ2n) is 8.72. The highest BCUT2D eigenvalue weighted by atomic mass is 35.5. The van der Waals surface area contributed by atoms with Crippen LogP contribution in [0.1, 0.15) is 56.7 Å². The van der Waals surface area contributed by atoms with E-state index in [-0.39, 0.29) is 29.0 Å². The number of methoxy groups -OCH3 is 1. The smallest absolute Gasteiger partial charge is 0.295 e. The van der Waals surface area contributed by atoms with Crippen LogP contribution < -0.4 is 9.47 Å². The lowest BCUT2D eigenvalue weighted by Gasteiger charge is -2.31. The van der Waals surface area contributed by atoms with Gasteiger partial charge in [-0.25, -0.2) is 0 Å². The number of carbonyl (C=O) groups is 2. The summed E-state index contributed by atoms with van der Waals surface area (Å²) in [5.74, 6) is -0.516. The molecule has 1 aliphatic heterocycles. The van der Waals surface area contributed by atoms with Crippen LogP contribution >= 0.6 is 11.6 Å². The largest absolute Gasteiger partial charge is 0.507 e. The number of hydrogen-bond donors (Lipinski definition) is 1. The summed E-state index contributed by atoms with van der Waals surface area (Å²) in [6.07, 6.45) is 3.69. The van der Waals surface area contributed by atoms with Gasteiger partial charge in [-0.2, -0.15) is 0 Å². The Kier molecular flexibility index (Phi) is 6.66. The summed E-state index contributed by atoms with van der Waals surface area (Å²) in [4.78, 5) is 28.1. The van der Waals surface area contributed by atoms with Crippen molar-refractivity contribution in [2.24, 2.45) is 0 Å². The molecule has 1 unspecified atom stereocenters. The van der Waals surface area contributed by atoms with Gasteiger partial charge in [-0.1, -0.05) is 36.6 Å². The summed E-state index contributed by atoms with van der Waals surface area (Å²) in [7, 11) is 1.47. The number of hydrogen-bond acceptors (Lipinski definition) is 5. The molecule has 1 N–H and O–H groups in total. The number of rotatable bonds is 6. The molecule has 0 radical (unpaired) electrons. The highest BCUT2D eigenvalue weighted by molar-refractivity contribution is 6.46. The Morgan fingerprint density at radius 3 is 2.36 bits per heavy atom. The van der Waals surface area contributed by atoms with Gasteiger partial charge in [0.15, 0.2) is 0 Å². The van der Waals surface area contributed by atoms with E-state index in [1.807, 2.05) is 38.1 Å². The average Bonchev–Trinajstić information content (AvgIpc) is 3.40. The van der Waals surface area contributed by atoms with E-state index < -0.39 is 17.7 Å². The van der Waals surface area contributed by atoms with E-state index in [0.29, 0.717) is 16.5 Å². The van der Waals surface area contributed by atoms with Crippen molar-refractivity contribution in [1.82, 2.24) is 4.90 Å². The summed E-state index contributed by atoms with van der Waals surface area (Å²) in [6, 6.07) is 11.4. The zero-order valence-electron chi connectivity index (χ0n) is 19.0. The van der Waals surface area contributed by atoms with Crippen LogP contribution in [0.3, 0.4) is 0 Å². The molecular formula is C26H28ClNO5. The Balaban J connectivity index is 1.87. The molecule has 7 heteroatoms. The Morgan fingerprint density at radius 1 is 1.09 bits per heavy atom. The van der Waals surface area contributed by atoms with Gasteiger partial charge < -0.3 is 19.5 Å². The highest BCUT2D eigenvalue weighted by Gasteiger charge is 2.49. The van der Waals surface area contributed by atoms with Crippen molar-refractivity contribution >= 4 is 29.1 Å². The zero-order chi connectivity index (χ0) is 23.7. The number of ketones is 1. The molecule has 33 heavy (non-hydrogen) atoms. The molecule has 4 rings (SSSR count). The predicted molar refractivity (Wildman–Crippen MR) is 127 cm³/mol. The fourth-order valence-corrected chi connectivity index (χ4v) is 4.92. The molecule has 1 heterocycles. The van der Waals surface area contributed by atoms with E-state index in [2.05, 4.69) is 0 Å². The van der Waals surface area contributed by atoms with Gasteiger partial charge in [0.1, 0.15) is 17.3 Å². The quantitative estimate of drug-likeness (QED) is 0.343. The average molecular weight is 470 g/mol. The van der Waals surface area contributed by atoms with Crippen LogP contribution in [0.5, 0.6) is 11.5 Å². The van der Waals surface area contributed by atoms with Crippen molar-refractivity contribution < 1.29 is 24.2 Å². The third-order valence-corrected chi connectivity index (χ3v) is 6.42. The van der Waals surface area contributed by atoms with Crippen LogP contribution in [0, 0.1) is 0 Å². The molecule has 2 aliphatic rings. The van der Waals surface area contributed by atoms with Crippen molar-refractivity contribution in [2.45, 2.75) is 57.7 Å². The second-order valence-corrected chi connectivity index (χ2v) is 9.16. The molecule has 174 valence electrons. The first kappa shape index (κ1) is 23.2. The number of benzene rings is 2. The maximum Gasteiger partial charge on any atom is 0.295 e. The molecule has 2 fully saturated rings. The number of amides is 1. The van der Waals surface area contributed by atoms with Crippen LogP contribution in [0.2, 0.25) is 5.02 Å². The van der Waals surface area contributed by atoms with E-state index in [9.17, 15) is 14.7 Å². The van der Waals surface area contributed by atoms with Gasteiger partial charge >= 0.3 is 0 Å². The van der Waals surface area contributed by atoms with E-state index in [1.165, 1.54) is 13.2 Å². The van der Waals surface area contributed by atoms with Crippen LogP contribution in [-0.4, -0.2) is 41.0 Å². The Morgan fingerprint density at radius 2 is 1.76 bits per heavy atom. The summed E-state index contributed by atoms with van der Waals surface area (Å²) >= 11 is 6.17. The lowest BCUT2D eigenvalue weighted by molar-refractivity contribution is -0.141. The molecule has 6 nitrogen and oxygen atoms in total. The van der Waals surface area contributed by atoms with Crippen molar-refractivity contribution in [3.63, 3.8) is 0 Å². The number of likely N-dealkylation sites (tertiary alicyclic amines) is 1. The van der Waals surface area contributed by atoms with E-state index in [1.54, 1.807) is 17.0 Å². The maximum atomic E-state index is 13.3. The van der Waals surface area contributed by atoms with Crippen LogP contribution in [0.4, 0.5) is 0 Å². The molecule has 2 aromatic rings. The number of Topliss-reactive ketones (excluding diaryl/α,β-unsaturated/α-hetero) is 1. The number of ether oxygens (including phenoxy) is 2. The fourth-order valence-electron chi connectivity index (χ4n) is 4.75. The molecule has 0 spiro atoms. The summed E-state index contributed by atoms with van der Waals surface area (Å²) < 4.78 is 11.1. The lowest BCUT2D eigenvalue weighted by atomic mass is 9.94. The second kappa shape index (κ2) is 9.48. The van der Waals surface area contributed by atoms with Crippen LogP contribution in [0.15, 0.2) is 48.0 Å². The molecule has 1 saturated heterocycles. The predicted octanol–water partition coefficient (Wildman–Crippen LogP) is 5.50. The first-order valence-electron chi connectivity index (χ1n) is 11.2. The SMILES string of the molecule is COc1ccc(Cl)cc1/C(O)=C1\C(=O)C(=O)N(C2CCCC2)C1c1ccc(OC(C)C)cc1. The van der Waals surface area contributed by atoms with Gasteiger partial charge in [0.2, 0.25) is 0 Å². The summed E-state index contributed by atoms with van der Waals surface area (Å²) in [5, 5.41) is 11.7.